The number of benzene rings is 1. The van der Waals surface area contributed by atoms with Crippen LogP contribution in [0.4, 0.5) is 11.8 Å². The standard InChI is InChI=1S/C18H19N9/c1-26-17(5-7-21-26)23-18-20-6-4-14(22-18)13-2-3-16-15(8-13)24-25-27(16)11-12-9-19-10-12/h2-8,12,19H,9-11H2,1H3,(H,20,22,23). The molecule has 2 N–H and O–H groups in total. The third-order valence-electron chi connectivity index (χ3n) is 4.82. The van der Waals surface area contributed by atoms with E-state index >= 15 is 0 Å². The molecule has 4 heterocycles. The summed E-state index contributed by atoms with van der Waals surface area (Å²) >= 11 is 0. The zero-order valence-electron chi connectivity index (χ0n) is 14.9. The average Bonchev–Trinajstić information content (AvgIpc) is 3.24. The number of fused-ring (bicyclic) bond motifs is 1. The third-order valence-corrected chi connectivity index (χ3v) is 4.82. The molecular weight excluding hydrogens is 342 g/mol. The van der Waals surface area contributed by atoms with E-state index in [4.69, 9.17) is 0 Å². The van der Waals surface area contributed by atoms with E-state index < -0.39 is 0 Å². The Hall–Kier alpha value is -3.33. The molecule has 136 valence electrons. The van der Waals surface area contributed by atoms with Crippen LogP contribution < -0.4 is 10.6 Å². The van der Waals surface area contributed by atoms with Gasteiger partial charge in [0, 0.05) is 50.4 Å². The summed E-state index contributed by atoms with van der Waals surface area (Å²) in [5.41, 5.74) is 3.73. The van der Waals surface area contributed by atoms with E-state index in [1.165, 1.54) is 0 Å². The smallest absolute Gasteiger partial charge is 0.228 e. The molecule has 27 heavy (non-hydrogen) atoms. The first-order valence-corrected chi connectivity index (χ1v) is 8.89. The molecule has 4 aromatic rings. The molecule has 0 bridgehead atoms. The maximum atomic E-state index is 4.62. The summed E-state index contributed by atoms with van der Waals surface area (Å²) in [4.78, 5) is 8.91. The first kappa shape index (κ1) is 15.9. The second-order valence-corrected chi connectivity index (χ2v) is 6.73. The van der Waals surface area contributed by atoms with Gasteiger partial charge >= 0.3 is 0 Å². The average molecular weight is 361 g/mol. The maximum Gasteiger partial charge on any atom is 0.228 e. The number of hydrogen-bond donors (Lipinski definition) is 2. The largest absolute Gasteiger partial charge is 0.316 e. The highest BCUT2D eigenvalue weighted by Gasteiger charge is 2.19. The second kappa shape index (κ2) is 6.44. The Morgan fingerprint density at radius 2 is 2.11 bits per heavy atom. The predicted octanol–water partition coefficient (Wildman–Crippen LogP) is 1.58. The van der Waals surface area contributed by atoms with Crippen LogP contribution in [0, 0.1) is 5.92 Å². The van der Waals surface area contributed by atoms with E-state index in [9.17, 15) is 0 Å². The second-order valence-electron chi connectivity index (χ2n) is 6.73. The first-order valence-electron chi connectivity index (χ1n) is 8.89. The molecule has 1 aromatic carbocycles. The summed E-state index contributed by atoms with van der Waals surface area (Å²) < 4.78 is 3.72. The van der Waals surface area contributed by atoms with Crippen molar-refractivity contribution in [3.63, 3.8) is 0 Å². The van der Waals surface area contributed by atoms with Crippen molar-refractivity contribution in [1.29, 1.82) is 0 Å². The zero-order valence-corrected chi connectivity index (χ0v) is 14.9. The Bertz CT molecular complexity index is 1090. The molecule has 0 radical (unpaired) electrons. The molecule has 1 aliphatic heterocycles. The van der Waals surface area contributed by atoms with Gasteiger partial charge in [-0.25, -0.2) is 14.6 Å². The number of hydrogen-bond acceptors (Lipinski definition) is 7. The molecule has 1 aliphatic rings. The SMILES string of the molecule is Cn1nccc1Nc1nccc(-c2ccc3c(c2)nnn3CC2CNC2)n1. The van der Waals surface area contributed by atoms with E-state index in [0.29, 0.717) is 11.9 Å². The van der Waals surface area contributed by atoms with Gasteiger partial charge in [-0.1, -0.05) is 11.3 Å². The van der Waals surface area contributed by atoms with Gasteiger partial charge < -0.3 is 10.6 Å². The normalized spacial score (nSPS) is 14.4. The van der Waals surface area contributed by atoms with E-state index in [0.717, 1.165) is 47.7 Å². The monoisotopic (exact) mass is 361 g/mol. The summed E-state index contributed by atoms with van der Waals surface area (Å²) in [7, 11) is 1.86. The van der Waals surface area contributed by atoms with Crippen LogP contribution in [-0.4, -0.2) is 47.8 Å². The highest BCUT2D eigenvalue weighted by Crippen LogP contribution is 2.23. The van der Waals surface area contributed by atoms with Crippen LogP contribution in [0.1, 0.15) is 0 Å². The van der Waals surface area contributed by atoms with Gasteiger partial charge in [-0.2, -0.15) is 5.10 Å². The van der Waals surface area contributed by atoms with Crippen LogP contribution in [0.5, 0.6) is 0 Å². The fourth-order valence-corrected chi connectivity index (χ4v) is 3.18. The lowest BCUT2D eigenvalue weighted by Gasteiger charge is -2.26. The quantitative estimate of drug-likeness (QED) is 0.557. The fourth-order valence-electron chi connectivity index (χ4n) is 3.18. The molecule has 5 rings (SSSR count). The lowest BCUT2D eigenvalue weighted by Crippen LogP contribution is -2.44. The van der Waals surface area contributed by atoms with Crippen LogP contribution >= 0.6 is 0 Å². The third kappa shape index (κ3) is 3.02. The molecule has 0 unspecified atom stereocenters. The number of rotatable bonds is 5. The van der Waals surface area contributed by atoms with Crippen molar-refractivity contribution in [1.82, 2.24) is 40.1 Å². The molecule has 9 nitrogen and oxygen atoms in total. The molecule has 0 aliphatic carbocycles. The van der Waals surface area contributed by atoms with Crippen molar-refractivity contribution in [2.45, 2.75) is 6.54 Å². The topological polar surface area (TPSA) is 98.4 Å². The molecule has 9 heteroatoms. The van der Waals surface area contributed by atoms with E-state index in [1.54, 1.807) is 17.1 Å². The van der Waals surface area contributed by atoms with Crippen molar-refractivity contribution in [2.24, 2.45) is 13.0 Å². The minimum atomic E-state index is 0.525. The summed E-state index contributed by atoms with van der Waals surface area (Å²) in [6.45, 7) is 2.99. The lowest BCUT2D eigenvalue weighted by molar-refractivity contribution is 0.297. The predicted molar refractivity (Wildman–Crippen MR) is 101 cm³/mol. The summed E-state index contributed by atoms with van der Waals surface area (Å²) in [5, 5.41) is 19.3. The van der Waals surface area contributed by atoms with Gasteiger partial charge in [-0.3, -0.25) is 4.68 Å². The van der Waals surface area contributed by atoms with Gasteiger partial charge in [-0.15, -0.1) is 5.10 Å². The van der Waals surface area contributed by atoms with Crippen LogP contribution in [0.15, 0.2) is 42.7 Å². The highest BCUT2D eigenvalue weighted by molar-refractivity contribution is 5.80. The van der Waals surface area contributed by atoms with Crippen LogP contribution in [0.3, 0.4) is 0 Å². The minimum Gasteiger partial charge on any atom is -0.316 e. The van der Waals surface area contributed by atoms with Crippen molar-refractivity contribution in [2.75, 3.05) is 18.4 Å². The maximum absolute atomic E-state index is 4.62. The number of nitrogens with zero attached hydrogens (tertiary/aromatic N) is 7. The minimum absolute atomic E-state index is 0.525. The fraction of sp³-hybridized carbons (Fsp3) is 0.278. The highest BCUT2D eigenvalue weighted by atomic mass is 15.4. The van der Waals surface area contributed by atoms with Gasteiger partial charge in [-0.05, 0) is 18.2 Å². The Kier molecular flexibility index (Phi) is 3.79. The Morgan fingerprint density at radius 1 is 1.19 bits per heavy atom. The van der Waals surface area contributed by atoms with Crippen molar-refractivity contribution >= 4 is 22.8 Å². The van der Waals surface area contributed by atoms with E-state index in [1.807, 2.05) is 29.9 Å². The van der Waals surface area contributed by atoms with Crippen LogP contribution in [0.2, 0.25) is 0 Å². The molecule has 3 aromatic heterocycles. The summed E-state index contributed by atoms with van der Waals surface area (Å²) in [6.07, 6.45) is 3.47. The van der Waals surface area contributed by atoms with Crippen LogP contribution in [-0.2, 0) is 13.6 Å². The van der Waals surface area contributed by atoms with E-state index in [2.05, 4.69) is 48.1 Å². The Balaban J connectivity index is 1.43. The number of aryl methyl sites for hydroxylation is 1. The Labute approximate surface area is 155 Å². The first-order chi connectivity index (χ1) is 13.3. The number of nitrogens with one attached hydrogen (secondary N) is 2. The van der Waals surface area contributed by atoms with Gasteiger partial charge in [0.25, 0.3) is 0 Å². The van der Waals surface area contributed by atoms with Crippen molar-refractivity contribution in [3.05, 3.63) is 42.7 Å². The van der Waals surface area contributed by atoms with Gasteiger partial charge in [0.2, 0.25) is 5.95 Å². The van der Waals surface area contributed by atoms with Crippen molar-refractivity contribution in [3.8, 4) is 11.3 Å². The molecule has 1 saturated heterocycles. The van der Waals surface area contributed by atoms with Crippen molar-refractivity contribution < 1.29 is 0 Å². The summed E-state index contributed by atoms with van der Waals surface area (Å²) in [5.74, 6) is 1.99. The molecule has 0 amide bonds. The molecule has 1 fully saturated rings. The zero-order chi connectivity index (χ0) is 18.2. The van der Waals surface area contributed by atoms with E-state index in [-0.39, 0.29) is 0 Å². The summed E-state index contributed by atoms with van der Waals surface area (Å²) in [6, 6.07) is 9.90. The molecule has 0 saturated carbocycles. The molecule has 0 spiro atoms. The number of aromatic nitrogens is 7. The number of anilines is 2. The molecular formula is C18H19N9. The van der Waals surface area contributed by atoms with Gasteiger partial charge in [0.05, 0.1) is 17.4 Å². The Morgan fingerprint density at radius 3 is 2.89 bits per heavy atom. The van der Waals surface area contributed by atoms with Gasteiger partial charge in [0.1, 0.15) is 11.3 Å². The van der Waals surface area contributed by atoms with Crippen LogP contribution in [0.25, 0.3) is 22.3 Å². The van der Waals surface area contributed by atoms with Gasteiger partial charge in [0.15, 0.2) is 0 Å². The molecule has 0 atom stereocenters. The lowest BCUT2D eigenvalue weighted by atomic mass is 10.0.